The second-order valence-electron chi connectivity index (χ2n) is 9.84. The third-order valence-electron chi connectivity index (χ3n) is 7.29. The topological polar surface area (TPSA) is 58.0 Å². The first-order valence-electron chi connectivity index (χ1n) is 13.3. The van der Waals surface area contributed by atoms with Crippen LogP contribution in [0, 0.1) is 6.92 Å². The molecule has 37 heavy (non-hydrogen) atoms. The molecular weight excluding hydrogens is 466 g/mol. The number of ether oxygens (including phenoxy) is 4. The highest BCUT2D eigenvalue weighted by Gasteiger charge is 2.33. The van der Waals surface area contributed by atoms with Crippen molar-refractivity contribution < 1.29 is 18.9 Å². The molecule has 7 nitrogen and oxygen atoms in total. The van der Waals surface area contributed by atoms with Gasteiger partial charge in [0.15, 0.2) is 11.5 Å². The molecule has 0 saturated carbocycles. The maximum absolute atomic E-state index is 6.14. The fourth-order valence-corrected chi connectivity index (χ4v) is 4.94. The predicted molar refractivity (Wildman–Crippen MR) is 146 cm³/mol. The molecule has 1 atom stereocenters. The fourth-order valence-electron chi connectivity index (χ4n) is 4.94. The molecule has 0 radical (unpaired) electrons. The molecule has 0 spiro atoms. The normalized spacial score (nSPS) is 18.4. The summed E-state index contributed by atoms with van der Waals surface area (Å²) >= 11 is 0. The van der Waals surface area contributed by atoms with Crippen LogP contribution in [-0.2, 0) is 24.2 Å². The average Bonchev–Trinajstić information content (AvgIpc) is 3.29. The second kappa shape index (κ2) is 13.0. The minimum absolute atomic E-state index is 0.262. The molecule has 3 aromatic rings. The molecule has 1 saturated heterocycles. The van der Waals surface area contributed by atoms with Gasteiger partial charge in [-0.05, 0) is 62.6 Å². The number of methoxy groups -OCH3 is 2. The number of aromatic nitrogens is 2. The van der Waals surface area contributed by atoms with Gasteiger partial charge in [0.25, 0.3) is 0 Å². The monoisotopic (exact) mass is 507 g/mol. The zero-order chi connectivity index (χ0) is 26.1. The highest BCUT2D eigenvalue weighted by Crippen LogP contribution is 2.31. The summed E-state index contributed by atoms with van der Waals surface area (Å²) in [5, 5.41) is 0. The van der Waals surface area contributed by atoms with Crippen molar-refractivity contribution in [3.05, 3.63) is 71.8 Å². The van der Waals surface area contributed by atoms with E-state index < -0.39 is 0 Å². The molecule has 0 amide bonds. The van der Waals surface area contributed by atoms with Crippen LogP contribution < -0.4 is 14.2 Å². The minimum atomic E-state index is -0.262. The summed E-state index contributed by atoms with van der Waals surface area (Å²) in [6, 6.07) is 14.5. The molecular formula is C30H41N3O4. The molecule has 1 aliphatic rings. The molecule has 0 bridgehead atoms. The molecule has 0 N–H and O–H groups in total. The largest absolute Gasteiger partial charge is 0.493 e. The number of benzene rings is 2. The summed E-state index contributed by atoms with van der Waals surface area (Å²) in [5.74, 6) is 3.51. The van der Waals surface area contributed by atoms with E-state index in [0.29, 0.717) is 13.2 Å². The summed E-state index contributed by atoms with van der Waals surface area (Å²) in [4.78, 5) is 6.87. The van der Waals surface area contributed by atoms with Gasteiger partial charge < -0.3 is 23.5 Å². The molecule has 0 unspecified atom stereocenters. The Bertz CT molecular complexity index is 1110. The van der Waals surface area contributed by atoms with Gasteiger partial charge in [-0.25, -0.2) is 4.98 Å². The van der Waals surface area contributed by atoms with Crippen LogP contribution in [0.1, 0.15) is 43.1 Å². The molecule has 1 aromatic heterocycles. The number of hydrogen-bond acceptors (Lipinski definition) is 6. The van der Waals surface area contributed by atoms with Gasteiger partial charge in [0, 0.05) is 39.0 Å². The first kappa shape index (κ1) is 27.0. The Kier molecular flexibility index (Phi) is 9.47. The molecule has 1 fully saturated rings. The third kappa shape index (κ3) is 7.27. The molecule has 4 rings (SSSR count). The third-order valence-corrected chi connectivity index (χ3v) is 7.29. The van der Waals surface area contributed by atoms with Crippen molar-refractivity contribution in [1.29, 1.82) is 0 Å². The van der Waals surface area contributed by atoms with Crippen LogP contribution >= 0.6 is 0 Å². The standard InChI is InChI=1S/C30H41N3O4/c1-5-29-31-15-18-33(29)19-20-36-27-12-9-25(21-28(27)34-3)22-32-16-6-13-30(35-4,14-17-32)23-37-26-10-7-24(2)8-11-26/h7-12,15,18,21H,5-6,13-14,16-17,19-20,22-23H2,1-4H3/t30-/m1/s1. The SMILES string of the molecule is CCc1nccn1CCOc1ccc(CN2CCC[C@@](COc3ccc(C)cc3)(OC)CC2)cc1OC. The van der Waals surface area contributed by atoms with E-state index in [1.165, 1.54) is 11.1 Å². The number of hydrogen-bond donors (Lipinski definition) is 0. The van der Waals surface area contributed by atoms with E-state index in [9.17, 15) is 0 Å². The second-order valence-corrected chi connectivity index (χ2v) is 9.84. The van der Waals surface area contributed by atoms with Crippen LogP contribution in [0.2, 0.25) is 0 Å². The van der Waals surface area contributed by atoms with Crippen LogP contribution in [-0.4, -0.2) is 60.6 Å². The lowest BCUT2D eigenvalue weighted by atomic mass is 9.95. The molecule has 0 aliphatic carbocycles. The first-order chi connectivity index (χ1) is 18.0. The Morgan fingerprint density at radius 1 is 0.973 bits per heavy atom. The Hall–Kier alpha value is -3.03. The number of likely N-dealkylation sites (tertiary alicyclic amines) is 1. The lowest BCUT2D eigenvalue weighted by molar-refractivity contribution is -0.0541. The quantitative estimate of drug-likeness (QED) is 0.332. The summed E-state index contributed by atoms with van der Waals surface area (Å²) in [7, 11) is 3.51. The lowest BCUT2D eigenvalue weighted by Gasteiger charge is -2.31. The van der Waals surface area contributed by atoms with Crippen LogP contribution in [0.3, 0.4) is 0 Å². The summed E-state index contributed by atoms with van der Waals surface area (Å²) < 4.78 is 26.0. The summed E-state index contributed by atoms with van der Waals surface area (Å²) in [6.45, 7) is 8.94. The van der Waals surface area contributed by atoms with Gasteiger partial charge in [-0.2, -0.15) is 0 Å². The van der Waals surface area contributed by atoms with Crippen molar-refractivity contribution in [3.8, 4) is 17.2 Å². The number of nitrogens with zero attached hydrogens (tertiary/aromatic N) is 3. The Morgan fingerprint density at radius 3 is 2.57 bits per heavy atom. The van der Waals surface area contributed by atoms with E-state index in [2.05, 4.69) is 52.6 Å². The predicted octanol–water partition coefficient (Wildman–Crippen LogP) is 5.29. The van der Waals surface area contributed by atoms with E-state index in [4.69, 9.17) is 18.9 Å². The lowest BCUT2D eigenvalue weighted by Crippen LogP contribution is -2.39. The Balaban J connectivity index is 1.31. The Labute approximate surface area is 221 Å². The van der Waals surface area contributed by atoms with E-state index >= 15 is 0 Å². The zero-order valence-electron chi connectivity index (χ0n) is 22.7. The van der Waals surface area contributed by atoms with Gasteiger partial charge in [0.2, 0.25) is 0 Å². The highest BCUT2D eigenvalue weighted by atomic mass is 16.5. The van der Waals surface area contributed by atoms with Crippen molar-refractivity contribution in [1.82, 2.24) is 14.5 Å². The first-order valence-corrected chi connectivity index (χ1v) is 13.3. The molecule has 2 aromatic carbocycles. The van der Waals surface area contributed by atoms with Crippen molar-refractivity contribution in [3.63, 3.8) is 0 Å². The van der Waals surface area contributed by atoms with Crippen molar-refractivity contribution in [2.24, 2.45) is 0 Å². The van der Waals surface area contributed by atoms with Crippen LogP contribution in [0.4, 0.5) is 0 Å². The van der Waals surface area contributed by atoms with Gasteiger partial charge in [-0.15, -0.1) is 0 Å². The molecule has 2 heterocycles. The summed E-state index contributed by atoms with van der Waals surface area (Å²) in [5.41, 5.74) is 2.19. The molecule has 200 valence electrons. The maximum Gasteiger partial charge on any atom is 0.161 e. The van der Waals surface area contributed by atoms with Gasteiger partial charge in [-0.1, -0.05) is 30.7 Å². The van der Waals surface area contributed by atoms with E-state index in [-0.39, 0.29) is 5.60 Å². The Morgan fingerprint density at radius 2 is 1.81 bits per heavy atom. The van der Waals surface area contributed by atoms with E-state index in [1.807, 2.05) is 37.7 Å². The van der Waals surface area contributed by atoms with E-state index in [0.717, 1.165) is 74.9 Å². The van der Waals surface area contributed by atoms with E-state index in [1.54, 1.807) is 7.11 Å². The van der Waals surface area contributed by atoms with Crippen LogP contribution in [0.25, 0.3) is 0 Å². The van der Waals surface area contributed by atoms with Crippen LogP contribution in [0.15, 0.2) is 54.9 Å². The zero-order valence-corrected chi connectivity index (χ0v) is 22.7. The molecule has 7 heteroatoms. The number of aryl methyl sites for hydroxylation is 2. The number of rotatable bonds is 12. The van der Waals surface area contributed by atoms with Gasteiger partial charge >= 0.3 is 0 Å². The van der Waals surface area contributed by atoms with Crippen LogP contribution in [0.5, 0.6) is 17.2 Å². The van der Waals surface area contributed by atoms with Gasteiger partial charge in [-0.3, -0.25) is 4.90 Å². The summed E-state index contributed by atoms with van der Waals surface area (Å²) in [6.07, 6.45) is 7.73. The number of imidazole rings is 1. The average molecular weight is 508 g/mol. The van der Waals surface area contributed by atoms with Crippen molar-refractivity contribution in [2.45, 2.75) is 58.2 Å². The van der Waals surface area contributed by atoms with Gasteiger partial charge in [0.1, 0.15) is 30.4 Å². The highest BCUT2D eigenvalue weighted by molar-refractivity contribution is 5.43. The van der Waals surface area contributed by atoms with Crippen molar-refractivity contribution in [2.75, 3.05) is 40.5 Å². The van der Waals surface area contributed by atoms with Gasteiger partial charge in [0.05, 0.1) is 13.7 Å². The maximum atomic E-state index is 6.14. The van der Waals surface area contributed by atoms with Crippen molar-refractivity contribution >= 4 is 0 Å². The smallest absolute Gasteiger partial charge is 0.161 e. The molecule has 1 aliphatic heterocycles. The fraction of sp³-hybridized carbons (Fsp3) is 0.500. The minimum Gasteiger partial charge on any atom is -0.493 e.